The number of aromatic nitrogens is 2. The van der Waals surface area contributed by atoms with Gasteiger partial charge in [-0.1, -0.05) is 11.6 Å². The zero-order valence-corrected chi connectivity index (χ0v) is 15.7. The lowest BCUT2D eigenvalue weighted by Gasteiger charge is -2.19. The van der Waals surface area contributed by atoms with Crippen molar-refractivity contribution in [2.24, 2.45) is 0 Å². The summed E-state index contributed by atoms with van der Waals surface area (Å²) in [5.41, 5.74) is 3.40. The summed E-state index contributed by atoms with van der Waals surface area (Å²) in [6.45, 7) is 4.12. The van der Waals surface area contributed by atoms with Gasteiger partial charge in [0, 0.05) is 35.3 Å². The highest BCUT2D eigenvalue weighted by molar-refractivity contribution is 6.38. The number of aryl methyl sites for hydroxylation is 1. The quantitative estimate of drug-likeness (QED) is 0.741. The van der Waals surface area contributed by atoms with E-state index in [1.54, 1.807) is 26.4 Å². The number of methoxy groups -OCH3 is 1. The molecule has 1 aromatic carbocycles. The SMILES string of the molecule is COc1c(C)cnc(CN(C)C(=O)c2[nH]c3ccc(F)cc3c2Cl)c1C. The number of aromatic amines is 1. The Balaban J connectivity index is 1.90. The van der Waals surface area contributed by atoms with Crippen LogP contribution >= 0.6 is 11.6 Å². The number of hydrogen-bond donors (Lipinski definition) is 1. The van der Waals surface area contributed by atoms with Gasteiger partial charge < -0.3 is 14.6 Å². The molecule has 7 heteroatoms. The summed E-state index contributed by atoms with van der Waals surface area (Å²) in [7, 11) is 3.27. The van der Waals surface area contributed by atoms with E-state index in [0.717, 1.165) is 22.6 Å². The van der Waals surface area contributed by atoms with Gasteiger partial charge >= 0.3 is 0 Å². The largest absolute Gasteiger partial charge is 0.496 e. The van der Waals surface area contributed by atoms with Crippen molar-refractivity contribution >= 4 is 28.4 Å². The van der Waals surface area contributed by atoms with E-state index in [1.165, 1.54) is 17.0 Å². The molecule has 0 radical (unpaired) electrons. The van der Waals surface area contributed by atoms with E-state index in [4.69, 9.17) is 16.3 Å². The van der Waals surface area contributed by atoms with Crippen molar-refractivity contribution in [3.8, 4) is 5.75 Å². The third kappa shape index (κ3) is 3.12. The van der Waals surface area contributed by atoms with E-state index in [1.807, 2.05) is 13.8 Å². The van der Waals surface area contributed by atoms with Gasteiger partial charge in [-0.3, -0.25) is 9.78 Å². The lowest BCUT2D eigenvalue weighted by Crippen LogP contribution is -2.27. The number of halogens is 2. The molecule has 0 atom stereocenters. The van der Waals surface area contributed by atoms with Gasteiger partial charge in [0.1, 0.15) is 17.3 Å². The molecule has 2 heterocycles. The summed E-state index contributed by atoms with van der Waals surface area (Å²) in [5.74, 6) is 0.0552. The molecule has 0 aliphatic carbocycles. The summed E-state index contributed by atoms with van der Waals surface area (Å²) in [6, 6.07) is 4.18. The van der Waals surface area contributed by atoms with Crippen molar-refractivity contribution in [3.05, 3.63) is 57.8 Å². The number of ether oxygens (including phenoxy) is 1. The van der Waals surface area contributed by atoms with Gasteiger partial charge in [0.25, 0.3) is 5.91 Å². The van der Waals surface area contributed by atoms with Gasteiger partial charge in [0.05, 0.1) is 24.4 Å². The molecule has 1 amide bonds. The Morgan fingerprint density at radius 2 is 2.12 bits per heavy atom. The third-order valence-corrected chi connectivity index (χ3v) is 4.79. The summed E-state index contributed by atoms with van der Waals surface area (Å²) in [5, 5.41) is 0.692. The van der Waals surface area contributed by atoms with Gasteiger partial charge in [-0.05, 0) is 32.0 Å². The number of carbonyl (C=O) groups is 1. The average Bonchev–Trinajstić information content (AvgIpc) is 2.93. The van der Waals surface area contributed by atoms with Crippen LogP contribution in [0.5, 0.6) is 5.75 Å². The van der Waals surface area contributed by atoms with Crippen LogP contribution in [0.25, 0.3) is 10.9 Å². The smallest absolute Gasteiger partial charge is 0.271 e. The fourth-order valence-corrected chi connectivity index (χ4v) is 3.28. The summed E-state index contributed by atoms with van der Waals surface area (Å²) in [6.07, 6.45) is 1.72. The van der Waals surface area contributed by atoms with Crippen LogP contribution in [0.1, 0.15) is 27.3 Å². The predicted molar refractivity (Wildman–Crippen MR) is 99.3 cm³/mol. The van der Waals surface area contributed by atoms with Crippen LogP contribution in [0.3, 0.4) is 0 Å². The molecule has 0 unspecified atom stereocenters. The van der Waals surface area contributed by atoms with E-state index in [0.29, 0.717) is 17.4 Å². The minimum absolute atomic E-state index is 0.211. The summed E-state index contributed by atoms with van der Waals surface area (Å²) < 4.78 is 18.8. The number of pyridine rings is 1. The second-order valence-corrected chi connectivity index (χ2v) is 6.59. The Morgan fingerprint density at radius 3 is 2.81 bits per heavy atom. The molecule has 3 aromatic rings. The minimum Gasteiger partial charge on any atom is -0.496 e. The van der Waals surface area contributed by atoms with E-state index in [-0.39, 0.29) is 16.6 Å². The highest BCUT2D eigenvalue weighted by Crippen LogP contribution is 2.29. The van der Waals surface area contributed by atoms with Crippen LogP contribution in [-0.4, -0.2) is 34.9 Å². The number of hydrogen-bond acceptors (Lipinski definition) is 3. The molecule has 0 spiro atoms. The van der Waals surface area contributed by atoms with Gasteiger partial charge in [0.2, 0.25) is 0 Å². The van der Waals surface area contributed by atoms with Crippen LogP contribution in [-0.2, 0) is 6.54 Å². The van der Waals surface area contributed by atoms with Crippen LogP contribution < -0.4 is 4.74 Å². The molecule has 26 heavy (non-hydrogen) atoms. The number of H-pyrrole nitrogens is 1. The fourth-order valence-electron chi connectivity index (χ4n) is 3.00. The van der Waals surface area contributed by atoms with Gasteiger partial charge in [-0.25, -0.2) is 4.39 Å². The number of amides is 1. The molecule has 0 saturated heterocycles. The standard InChI is InChI=1S/C19H19ClFN3O2/c1-10-8-22-15(11(2)18(10)26-4)9-24(3)19(25)17-16(20)13-7-12(21)5-6-14(13)23-17/h5-8,23H,9H2,1-4H3. The number of nitrogens with one attached hydrogen (secondary N) is 1. The first-order valence-corrected chi connectivity index (χ1v) is 8.42. The maximum Gasteiger partial charge on any atom is 0.271 e. The third-order valence-electron chi connectivity index (χ3n) is 4.39. The number of fused-ring (bicyclic) bond motifs is 1. The number of carbonyl (C=O) groups excluding carboxylic acids is 1. The fraction of sp³-hybridized carbons (Fsp3) is 0.263. The van der Waals surface area contributed by atoms with E-state index in [2.05, 4.69) is 9.97 Å². The molecule has 0 aliphatic rings. The Hall–Kier alpha value is -2.60. The van der Waals surface area contributed by atoms with Gasteiger partial charge in [-0.2, -0.15) is 0 Å². The van der Waals surface area contributed by atoms with E-state index in [9.17, 15) is 9.18 Å². The van der Waals surface area contributed by atoms with Crippen molar-refractivity contribution in [2.45, 2.75) is 20.4 Å². The molecule has 0 bridgehead atoms. The monoisotopic (exact) mass is 375 g/mol. The Morgan fingerprint density at radius 1 is 1.38 bits per heavy atom. The van der Waals surface area contributed by atoms with Crippen molar-refractivity contribution in [3.63, 3.8) is 0 Å². The molecule has 5 nitrogen and oxygen atoms in total. The number of rotatable bonds is 4. The van der Waals surface area contributed by atoms with Crippen molar-refractivity contribution in [1.82, 2.24) is 14.9 Å². The maximum atomic E-state index is 13.4. The molecular formula is C19H19ClFN3O2. The highest BCUT2D eigenvalue weighted by Gasteiger charge is 2.21. The van der Waals surface area contributed by atoms with Crippen molar-refractivity contribution in [1.29, 1.82) is 0 Å². The second-order valence-electron chi connectivity index (χ2n) is 6.21. The molecule has 3 rings (SSSR count). The minimum atomic E-state index is -0.405. The molecule has 0 saturated carbocycles. The number of nitrogens with zero attached hydrogens (tertiary/aromatic N) is 2. The maximum absolute atomic E-state index is 13.4. The van der Waals surface area contributed by atoms with Crippen LogP contribution in [0, 0.1) is 19.7 Å². The van der Waals surface area contributed by atoms with E-state index >= 15 is 0 Å². The van der Waals surface area contributed by atoms with E-state index < -0.39 is 5.82 Å². The summed E-state index contributed by atoms with van der Waals surface area (Å²) >= 11 is 6.29. The first-order chi connectivity index (χ1) is 12.3. The van der Waals surface area contributed by atoms with Gasteiger partial charge in [0.15, 0.2) is 0 Å². The Kier molecular flexibility index (Phi) is 4.87. The van der Waals surface area contributed by atoms with Crippen LogP contribution in [0.2, 0.25) is 5.02 Å². The molecule has 0 fully saturated rings. The second kappa shape index (κ2) is 6.96. The Bertz CT molecular complexity index is 1000. The lowest BCUT2D eigenvalue weighted by molar-refractivity contribution is 0.0778. The van der Waals surface area contributed by atoms with Crippen LogP contribution in [0.4, 0.5) is 4.39 Å². The number of benzene rings is 1. The average molecular weight is 376 g/mol. The van der Waals surface area contributed by atoms with Gasteiger partial charge in [-0.15, -0.1) is 0 Å². The molecular weight excluding hydrogens is 357 g/mol. The van der Waals surface area contributed by atoms with Crippen molar-refractivity contribution in [2.75, 3.05) is 14.2 Å². The zero-order valence-electron chi connectivity index (χ0n) is 15.0. The first-order valence-electron chi connectivity index (χ1n) is 8.04. The summed E-state index contributed by atoms with van der Waals surface area (Å²) in [4.78, 5) is 21.7. The lowest BCUT2D eigenvalue weighted by atomic mass is 10.1. The normalized spacial score (nSPS) is 11.0. The molecule has 2 aromatic heterocycles. The Labute approximate surface area is 155 Å². The van der Waals surface area contributed by atoms with Crippen LogP contribution in [0.15, 0.2) is 24.4 Å². The zero-order chi connectivity index (χ0) is 19.0. The molecule has 1 N–H and O–H groups in total. The van der Waals surface area contributed by atoms with Crippen molar-refractivity contribution < 1.29 is 13.9 Å². The molecule has 0 aliphatic heterocycles. The highest BCUT2D eigenvalue weighted by atomic mass is 35.5. The first kappa shape index (κ1) is 18.2. The molecule has 136 valence electrons. The predicted octanol–water partition coefficient (Wildman–Crippen LogP) is 4.25. The topological polar surface area (TPSA) is 58.2 Å².